The zero-order valence-electron chi connectivity index (χ0n) is 10.2. The largest absolute Gasteiger partial charge is 0.318 e. The minimum absolute atomic E-state index is 0.175. The zero-order valence-corrected chi connectivity index (χ0v) is 14.2. The van der Waals surface area contributed by atoms with Crippen molar-refractivity contribution in [3.8, 4) is 0 Å². The molecular weight excluding hydrogens is 380 g/mol. The molecule has 3 aromatic rings. The molecule has 3 rings (SSSR count). The maximum absolute atomic E-state index is 12.3. The Hall–Kier alpha value is -0.950. The number of aromatic nitrogens is 1. The monoisotopic (exact) mass is 386 g/mol. The van der Waals surface area contributed by atoms with Gasteiger partial charge in [0.15, 0.2) is 0 Å². The van der Waals surface area contributed by atoms with Gasteiger partial charge in [-0.05, 0) is 46.6 Å². The van der Waals surface area contributed by atoms with Crippen LogP contribution in [0, 0.1) is 6.92 Å². The molecule has 0 unspecified atom stereocenters. The first-order valence-electron chi connectivity index (χ1n) is 5.65. The Morgan fingerprint density at radius 2 is 2.25 bits per heavy atom. The lowest BCUT2D eigenvalue weighted by atomic mass is 10.2. The van der Waals surface area contributed by atoms with Crippen molar-refractivity contribution in [1.29, 1.82) is 0 Å². The van der Waals surface area contributed by atoms with Crippen molar-refractivity contribution in [2.45, 2.75) is 6.92 Å². The smallest absolute Gasteiger partial charge is 0.265 e. The van der Waals surface area contributed by atoms with Gasteiger partial charge in [-0.2, -0.15) is 0 Å². The summed E-state index contributed by atoms with van der Waals surface area (Å²) in [4.78, 5) is 17.2. The molecule has 0 fully saturated rings. The summed E-state index contributed by atoms with van der Waals surface area (Å²) < 4.78 is 1.95. The van der Waals surface area contributed by atoms with Crippen molar-refractivity contribution in [3.63, 3.8) is 0 Å². The number of nitrogens with zero attached hydrogens (tertiary/aromatic N) is 1. The molecule has 0 aliphatic rings. The average Bonchev–Trinajstić information content (AvgIpc) is 3.00. The molecule has 2 heterocycles. The normalized spacial score (nSPS) is 10.9. The van der Waals surface area contributed by atoms with Crippen molar-refractivity contribution < 1.29 is 4.79 Å². The average molecular weight is 388 g/mol. The third-order valence-corrected chi connectivity index (χ3v) is 6.02. The molecule has 2 aromatic heterocycles. The fourth-order valence-corrected chi connectivity index (χ4v) is 4.09. The van der Waals surface area contributed by atoms with Crippen molar-refractivity contribution in [3.05, 3.63) is 43.0 Å². The summed E-state index contributed by atoms with van der Waals surface area (Å²) in [5, 5.41) is 3.35. The SMILES string of the molecule is Cc1cc(C(=O)Nc2c(Cl)ccc3scnc23)sc1Br. The van der Waals surface area contributed by atoms with E-state index in [4.69, 9.17) is 11.6 Å². The molecule has 0 aliphatic carbocycles. The van der Waals surface area contributed by atoms with Gasteiger partial charge in [0, 0.05) is 0 Å². The Bertz CT molecular complexity index is 792. The second-order valence-corrected chi connectivity index (χ2v) is 7.81. The summed E-state index contributed by atoms with van der Waals surface area (Å²) in [6.07, 6.45) is 0. The van der Waals surface area contributed by atoms with E-state index >= 15 is 0 Å². The molecule has 20 heavy (non-hydrogen) atoms. The van der Waals surface area contributed by atoms with Gasteiger partial charge < -0.3 is 5.32 Å². The molecule has 0 aliphatic heterocycles. The molecule has 0 bridgehead atoms. The molecule has 102 valence electrons. The van der Waals surface area contributed by atoms with Gasteiger partial charge >= 0.3 is 0 Å². The van der Waals surface area contributed by atoms with Crippen LogP contribution in [0.2, 0.25) is 5.02 Å². The van der Waals surface area contributed by atoms with Crippen LogP contribution in [0.5, 0.6) is 0 Å². The highest BCUT2D eigenvalue weighted by Crippen LogP contribution is 2.33. The topological polar surface area (TPSA) is 42.0 Å². The number of carbonyl (C=O) groups is 1. The molecule has 1 amide bonds. The summed E-state index contributed by atoms with van der Waals surface area (Å²) in [5.74, 6) is -0.175. The predicted molar refractivity (Wildman–Crippen MR) is 89.3 cm³/mol. The van der Waals surface area contributed by atoms with Gasteiger partial charge in [0.2, 0.25) is 0 Å². The lowest BCUT2D eigenvalue weighted by Crippen LogP contribution is -2.11. The number of anilines is 1. The molecule has 0 saturated heterocycles. The maximum Gasteiger partial charge on any atom is 0.265 e. The van der Waals surface area contributed by atoms with E-state index in [-0.39, 0.29) is 5.91 Å². The number of hydrogen-bond acceptors (Lipinski definition) is 4. The number of aryl methyl sites for hydroxylation is 1. The Morgan fingerprint density at radius 3 is 2.95 bits per heavy atom. The van der Waals surface area contributed by atoms with E-state index in [0.717, 1.165) is 19.6 Å². The highest BCUT2D eigenvalue weighted by molar-refractivity contribution is 9.11. The van der Waals surface area contributed by atoms with Gasteiger partial charge in [0.1, 0.15) is 5.52 Å². The first kappa shape index (κ1) is 14.0. The number of hydrogen-bond donors (Lipinski definition) is 1. The number of rotatable bonds is 2. The van der Waals surface area contributed by atoms with Gasteiger partial charge in [0.25, 0.3) is 5.91 Å². The Balaban J connectivity index is 1.98. The van der Waals surface area contributed by atoms with Crippen LogP contribution in [-0.2, 0) is 0 Å². The minimum atomic E-state index is -0.175. The fraction of sp³-hybridized carbons (Fsp3) is 0.0769. The maximum atomic E-state index is 12.3. The quantitative estimate of drug-likeness (QED) is 0.645. The van der Waals surface area contributed by atoms with E-state index in [2.05, 4.69) is 26.2 Å². The van der Waals surface area contributed by atoms with Crippen LogP contribution in [-0.4, -0.2) is 10.9 Å². The molecular formula is C13H8BrClN2OS2. The van der Waals surface area contributed by atoms with E-state index in [1.807, 2.05) is 19.1 Å². The standard InChI is InChI=1S/C13H8BrClN2OS2/c1-6-4-9(20-12(6)14)13(18)17-10-7(15)2-3-8-11(10)16-5-19-8/h2-5H,1H3,(H,17,18). The van der Waals surface area contributed by atoms with Crippen LogP contribution in [0.1, 0.15) is 15.2 Å². The second-order valence-electron chi connectivity index (χ2n) is 4.14. The number of thiazole rings is 1. The third-order valence-electron chi connectivity index (χ3n) is 2.77. The van der Waals surface area contributed by atoms with E-state index in [9.17, 15) is 4.79 Å². The summed E-state index contributed by atoms with van der Waals surface area (Å²) in [5.41, 5.74) is 4.07. The zero-order chi connectivity index (χ0) is 14.3. The Labute approximate surface area is 136 Å². The van der Waals surface area contributed by atoms with Crippen molar-refractivity contribution in [2.75, 3.05) is 5.32 Å². The minimum Gasteiger partial charge on any atom is -0.318 e. The van der Waals surface area contributed by atoms with Gasteiger partial charge in [-0.15, -0.1) is 22.7 Å². The molecule has 0 spiro atoms. The van der Waals surface area contributed by atoms with Crippen LogP contribution in [0.3, 0.4) is 0 Å². The van der Waals surface area contributed by atoms with Gasteiger partial charge in [-0.3, -0.25) is 4.79 Å². The van der Waals surface area contributed by atoms with Crippen molar-refractivity contribution >= 4 is 72.0 Å². The van der Waals surface area contributed by atoms with E-state index in [1.54, 1.807) is 11.6 Å². The van der Waals surface area contributed by atoms with E-state index in [1.165, 1.54) is 22.7 Å². The van der Waals surface area contributed by atoms with Crippen LogP contribution in [0.4, 0.5) is 5.69 Å². The highest BCUT2D eigenvalue weighted by Gasteiger charge is 2.15. The number of carbonyl (C=O) groups excluding carboxylic acids is 1. The van der Waals surface area contributed by atoms with Crippen LogP contribution >= 0.6 is 50.2 Å². The molecule has 0 atom stereocenters. The van der Waals surface area contributed by atoms with E-state index in [0.29, 0.717) is 15.6 Å². The number of fused-ring (bicyclic) bond motifs is 1. The third kappa shape index (κ3) is 2.48. The molecule has 0 radical (unpaired) electrons. The van der Waals surface area contributed by atoms with Gasteiger partial charge in [0.05, 0.1) is 29.6 Å². The first-order valence-corrected chi connectivity index (χ1v) is 8.52. The summed E-state index contributed by atoms with van der Waals surface area (Å²) >= 11 is 12.5. The van der Waals surface area contributed by atoms with Crippen LogP contribution < -0.4 is 5.32 Å². The molecule has 1 aromatic carbocycles. The summed E-state index contributed by atoms with van der Waals surface area (Å²) in [7, 11) is 0. The molecule has 7 heteroatoms. The number of nitrogens with one attached hydrogen (secondary N) is 1. The lowest BCUT2D eigenvalue weighted by Gasteiger charge is -2.06. The molecule has 0 saturated carbocycles. The summed E-state index contributed by atoms with van der Waals surface area (Å²) in [6.45, 7) is 1.95. The van der Waals surface area contributed by atoms with Crippen LogP contribution in [0.25, 0.3) is 10.2 Å². The van der Waals surface area contributed by atoms with E-state index < -0.39 is 0 Å². The number of halogens is 2. The highest BCUT2D eigenvalue weighted by atomic mass is 79.9. The molecule has 3 nitrogen and oxygen atoms in total. The fourth-order valence-electron chi connectivity index (χ4n) is 1.77. The van der Waals surface area contributed by atoms with Crippen LogP contribution in [0.15, 0.2) is 27.5 Å². The predicted octanol–water partition coefficient (Wildman–Crippen LogP) is 5.33. The number of benzene rings is 1. The van der Waals surface area contributed by atoms with Crippen molar-refractivity contribution in [2.24, 2.45) is 0 Å². The lowest BCUT2D eigenvalue weighted by molar-refractivity contribution is 0.103. The Kier molecular flexibility index (Phi) is 3.81. The second kappa shape index (κ2) is 5.44. The van der Waals surface area contributed by atoms with Gasteiger partial charge in [-0.25, -0.2) is 4.98 Å². The van der Waals surface area contributed by atoms with Crippen molar-refractivity contribution in [1.82, 2.24) is 4.98 Å². The first-order chi connectivity index (χ1) is 9.56. The van der Waals surface area contributed by atoms with Gasteiger partial charge in [-0.1, -0.05) is 11.6 Å². The summed E-state index contributed by atoms with van der Waals surface area (Å²) in [6, 6.07) is 5.52. The molecule has 1 N–H and O–H groups in total. The Morgan fingerprint density at radius 1 is 1.45 bits per heavy atom. The number of amides is 1. The number of thiophene rings is 1.